The number of likely N-dealkylation sites (N-methyl/N-ethyl adjacent to an activating group) is 1. The van der Waals surface area contributed by atoms with E-state index in [-0.39, 0.29) is 12.5 Å². The van der Waals surface area contributed by atoms with E-state index in [0.29, 0.717) is 5.92 Å². The molecule has 1 saturated heterocycles. The zero-order valence-corrected chi connectivity index (χ0v) is 16.8. The lowest BCUT2D eigenvalue weighted by Crippen LogP contribution is -2.53. The molecule has 0 aliphatic carbocycles. The molecule has 0 saturated carbocycles. The maximum atomic E-state index is 11.9. The molecule has 1 heterocycles. The Bertz CT molecular complexity index is 404. The molecule has 1 N–H and O–H groups in total. The molecule has 1 fully saturated rings. The first-order valence-electron chi connectivity index (χ1n) is 9.47. The maximum absolute atomic E-state index is 11.9. The number of guanidine groups is 1. The largest absolute Gasteiger partial charge is 0.382 e. The molecule has 0 aromatic rings. The summed E-state index contributed by atoms with van der Waals surface area (Å²) in [6, 6.07) is 0. The van der Waals surface area contributed by atoms with Crippen molar-refractivity contribution in [2.45, 2.75) is 27.2 Å². The summed E-state index contributed by atoms with van der Waals surface area (Å²) in [6.45, 7) is 14.1. The minimum atomic E-state index is 0.0204. The van der Waals surface area contributed by atoms with Gasteiger partial charge >= 0.3 is 0 Å². The number of piperazine rings is 1. The van der Waals surface area contributed by atoms with Crippen LogP contribution in [-0.4, -0.2) is 99.7 Å². The van der Waals surface area contributed by atoms with Gasteiger partial charge in [-0.15, -0.1) is 0 Å². The van der Waals surface area contributed by atoms with E-state index in [1.165, 1.54) is 0 Å². The Balaban J connectivity index is 2.55. The highest BCUT2D eigenvalue weighted by Crippen LogP contribution is 2.06. The first-order chi connectivity index (χ1) is 11.9. The first kappa shape index (κ1) is 21.7. The minimum Gasteiger partial charge on any atom is -0.382 e. The third-order valence-electron chi connectivity index (χ3n) is 4.11. The fraction of sp³-hybridized carbons (Fsp3) is 0.889. The Labute approximate surface area is 153 Å². The van der Waals surface area contributed by atoms with E-state index in [0.717, 1.165) is 64.9 Å². The molecule has 1 rings (SSSR count). The van der Waals surface area contributed by atoms with Gasteiger partial charge in [-0.2, -0.15) is 0 Å². The summed E-state index contributed by atoms with van der Waals surface area (Å²) in [5, 5.41) is 3.40. The molecule has 0 aromatic heterocycles. The molecule has 25 heavy (non-hydrogen) atoms. The van der Waals surface area contributed by atoms with Gasteiger partial charge in [-0.3, -0.25) is 9.69 Å². The number of rotatable bonds is 9. The van der Waals surface area contributed by atoms with Crippen LogP contribution in [0.3, 0.4) is 0 Å². The number of carbonyl (C=O) groups is 1. The second-order valence-electron chi connectivity index (χ2n) is 7.09. The van der Waals surface area contributed by atoms with Crippen LogP contribution in [0.15, 0.2) is 4.99 Å². The number of ether oxygens (including phenoxy) is 1. The van der Waals surface area contributed by atoms with E-state index in [2.05, 4.69) is 34.0 Å². The van der Waals surface area contributed by atoms with E-state index in [9.17, 15) is 4.79 Å². The van der Waals surface area contributed by atoms with Gasteiger partial charge in [0.25, 0.3) is 0 Å². The van der Waals surface area contributed by atoms with Crippen LogP contribution in [0.2, 0.25) is 0 Å². The molecule has 146 valence electrons. The van der Waals surface area contributed by atoms with Gasteiger partial charge in [0.15, 0.2) is 5.96 Å². The number of hydrogen-bond donors (Lipinski definition) is 1. The van der Waals surface area contributed by atoms with E-state index < -0.39 is 0 Å². The van der Waals surface area contributed by atoms with Gasteiger partial charge in [0, 0.05) is 66.6 Å². The van der Waals surface area contributed by atoms with E-state index >= 15 is 0 Å². The Kier molecular flexibility index (Phi) is 10.5. The summed E-state index contributed by atoms with van der Waals surface area (Å²) in [7, 11) is 3.52. The highest BCUT2D eigenvalue weighted by molar-refractivity contribution is 5.84. The van der Waals surface area contributed by atoms with Gasteiger partial charge < -0.3 is 19.9 Å². The van der Waals surface area contributed by atoms with Crippen molar-refractivity contribution in [1.29, 1.82) is 0 Å². The number of nitrogens with one attached hydrogen (secondary N) is 1. The smallest absolute Gasteiger partial charge is 0.243 e. The molecular weight excluding hydrogens is 318 g/mol. The third kappa shape index (κ3) is 9.07. The van der Waals surface area contributed by atoms with Gasteiger partial charge in [-0.1, -0.05) is 13.8 Å². The average molecular weight is 356 g/mol. The molecule has 1 aliphatic rings. The summed E-state index contributed by atoms with van der Waals surface area (Å²) < 4.78 is 5.38. The Morgan fingerprint density at radius 2 is 1.92 bits per heavy atom. The van der Waals surface area contributed by atoms with Gasteiger partial charge in [-0.25, -0.2) is 4.99 Å². The summed E-state index contributed by atoms with van der Waals surface area (Å²) in [5.41, 5.74) is 0. The summed E-state index contributed by atoms with van der Waals surface area (Å²) in [5.74, 6) is 1.55. The molecule has 0 spiro atoms. The van der Waals surface area contributed by atoms with Crippen molar-refractivity contribution in [2.24, 2.45) is 10.9 Å². The monoisotopic (exact) mass is 355 g/mol. The van der Waals surface area contributed by atoms with Crippen LogP contribution >= 0.6 is 0 Å². The number of nitrogens with zero attached hydrogens (tertiary/aromatic N) is 4. The second-order valence-corrected chi connectivity index (χ2v) is 7.09. The molecule has 0 aromatic carbocycles. The van der Waals surface area contributed by atoms with Crippen LogP contribution < -0.4 is 5.32 Å². The molecule has 7 nitrogen and oxygen atoms in total. The quantitative estimate of drug-likeness (QED) is 0.375. The Hall–Kier alpha value is -1.34. The predicted octanol–water partition coefficient (Wildman–Crippen LogP) is 0.720. The van der Waals surface area contributed by atoms with Crippen LogP contribution in [0.5, 0.6) is 0 Å². The molecule has 0 atom stereocenters. The number of carbonyl (C=O) groups excluding carboxylic acids is 1. The van der Waals surface area contributed by atoms with Crippen molar-refractivity contribution in [3.63, 3.8) is 0 Å². The van der Waals surface area contributed by atoms with Crippen LogP contribution in [0.25, 0.3) is 0 Å². The Morgan fingerprint density at radius 1 is 1.24 bits per heavy atom. The van der Waals surface area contributed by atoms with Crippen molar-refractivity contribution in [1.82, 2.24) is 20.0 Å². The molecule has 1 aliphatic heterocycles. The lowest BCUT2D eigenvalue weighted by molar-refractivity contribution is -0.127. The van der Waals surface area contributed by atoms with Crippen LogP contribution in [0.4, 0.5) is 0 Å². The predicted molar refractivity (Wildman–Crippen MR) is 103 cm³/mol. The fourth-order valence-electron chi connectivity index (χ4n) is 2.73. The lowest BCUT2D eigenvalue weighted by Gasteiger charge is -2.37. The van der Waals surface area contributed by atoms with Crippen molar-refractivity contribution >= 4 is 11.9 Å². The lowest BCUT2D eigenvalue weighted by atomic mass is 10.2. The van der Waals surface area contributed by atoms with Crippen LogP contribution in [0.1, 0.15) is 27.2 Å². The zero-order valence-electron chi connectivity index (χ0n) is 16.8. The van der Waals surface area contributed by atoms with Crippen LogP contribution in [0, 0.1) is 5.92 Å². The van der Waals surface area contributed by atoms with Gasteiger partial charge in [0.1, 0.15) is 6.54 Å². The molecule has 1 amide bonds. The average Bonchev–Trinajstić information content (AvgIpc) is 2.57. The summed E-state index contributed by atoms with van der Waals surface area (Å²) in [6.07, 6.45) is 0.932. The summed E-state index contributed by atoms with van der Waals surface area (Å²) >= 11 is 0. The first-order valence-corrected chi connectivity index (χ1v) is 9.47. The van der Waals surface area contributed by atoms with E-state index in [4.69, 9.17) is 4.74 Å². The van der Waals surface area contributed by atoms with Gasteiger partial charge in [-0.05, 0) is 19.3 Å². The molecule has 0 unspecified atom stereocenters. The number of aliphatic imine (C=N–C) groups is 1. The minimum absolute atomic E-state index is 0.0204. The normalized spacial score (nSPS) is 16.4. The van der Waals surface area contributed by atoms with Gasteiger partial charge in [0.05, 0.1) is 0 Å². The topological polar surface area (TPSA) is 60.4 Å². The van der Waals surface area contributed by atoms with E-state index in [1.807, 2.05) is 6.92 Å². The summed E-state index contributed by atoms with van der Waals surface area (Å²) in [4.78, 5) is 22.8. The fourth-order valence-corrected chi connectivity index (χ4v) is 2.73. The maximum Gasteiger partial charge on any atom is 0.243 e. The van der Waals surface area contributed by atoms with Crippen molar-refractivity contribution in [3.05, 3.63) is 0 Å². The third-order valence-corrected chi connectivity index (χ3v) is 4.11. The molecule has 7 heteroatoms. The number of amides is 1. The van der Waals surface area contributed by atoms with Gasteiger partial charge in [0.2, 0.25) is 5.91 Å². The highest BCUT2D eigenvalue weighted by atomic mass is 16.5. The van der Waals surface area contributed by atoms with Crippen LogP contribution in [-0.2, 0) is 9.53 Å². The molecule has 0 radical (unpaired) electrons. The SMILES string of the molecule is CCOCCCNC(=NCC(=O)N(C)C)N1CCN(CC(C)C)CC1. The Morgan fingerprint density at radius 3 is 2.48 bits per heavy atom. The molecule has 0 bridgehead atoms. The highest BCUT2D eigenvalue weighted by Gasteiger charge is 2.20. The van der Waals surface area contributed by atoms with Crippen molar-refractivity contribution in [2.75, 3.05) is 73.1 Å². The zero-order chi connectivity index (χ0) is 18.7. The second kappa shape index (κ2) is 12.1. The van der Waals surface area contributed by atoms with E-state index in [1.54, 1.807) is 19.0 Å². The van der Waals surface area contributed by atoms with Crippen molar-refractivity contribution < 1.29 is 9.53 Å². The molecular formula is C18H37N5O2. The van der Waals surface area contributed by atoms with Crippen molar-refractivity contribution in [3.8, 4) is 0 Å². The number of hydrogen-bond acceptors (Lipinski definition) is 4. The standard InChI is InChI=1S/C18H37N5O2/c1-6-25-13-7-8-19-18(20-14-17(24)21(4)5)23-11-9-22(10-12-23)15-16(2)3/h16H,6-15H2,1-5H3,(H,19,20).